The van der Waals surface area contributed by atoms with Gasteiger partial charge >= 0.3 is 12.4 Å². The van der Waals surface area contributed by atoms with Crippen molar-refractivity contribution in [3.63, 3.8) is 0 Å². The van der Waals surface area contributed by atoms with Crippen molar-refractivity contribution in [2.75, 3.05) is 5.32 Å². The second kappa shape index (κ2) is 11.5. The molecule has 0 unspecified atom stereocenters. The number of pyridine rings is 1. The topological polar surface area (TPSA) is 105 Å². The molecule has 5 aromatic rings. The molecule has 0 saturated heterocycles. The van der Waals surface area contributed by atoms with Gasteiger partial charge in [-0.25, -0.2) is 9.97 Å². The predicted molar refractivity (Wildman–Crippen MR) is 139 cm³/mol. The Labute approximate surface area is 229 Å². The fraction of sp³-hybridized carbons (Fsp3) is 0.0741. The molecule has 0 amide bonds. The third kappa shape index (κ3) is 7.55. The van der Waals surface area contributed by atoms with Crippen LogP contribution < -0.4 is 5.32 Å². The number of hydrogen-bond donors (Lipinski definition) is 2. The normalized spacial score (nSPS) is 12.0. The van der Waals surface area contributed by atoms with Crippen molar-refractivity contribution in [2.45, 2.75) is 17.2 Å². The lowest BCUT2D eigenvalue weighted by atomic mass is 10.0. The average Bonchev–Trinajstić information content (AvgIpc) is 2.92. The van der Waals surface area contributed by atoms with E-state index in [2.05, 4.69) is 20.3 Å². The summed E-state index contributed by atoms with van der Waals surface area (Å²) >= 11 is 0. The van der Waals surface area contributed by atoms with Gasteiger partial charge in [-0.1, -0.05) is 30.3 Å². The zero-order valence-corrected chi connectivity index (χ0v) is 21.3. The number of anilines is 2. The minimum Gasteiger partial charge on any atom is -0.340 e. The molecule has 0 aliphatic heterocycles. The molecule has 0 spiro atoms. The summed E-state index contributed by atoms with van der Waals surface area (Å²) in [5.74, 6) is 0.307. The van der Waals surface area contributed by atoms with Crippen molar-refractivity contribution >= 4 is 32.5 Å². The minimum atomic E-state index is -4.50. The number of fused-ring (bicyclic) bond motifs is 1. The van der Waals surface area contributed by atoms with Crippen LogP contribution in [0, 0.1) is 0 Å². The number of halogens is 6. The van der Waals surface area contributed by atoms with Crippen LogP contribution in [-0.2, 0) is 22.5 Å². The molecule has 5 rings (SSSR count). The van der Waals surface area contributed by atoms with Crippen molar-refractivity contribution in [1.82, 2.24) is 15.0 Å². The van der Waals surface area contributed by atoms with Gasteiger partial charge in [0.15, 0.2) is 0 Å². The second-order valence-corrected chi connectivity index (χ2v) is 9.79. The third-order valence-electron chi connectivity index (χ3n) is 5.54. The van der Waals surface area contributed by atoms with Crippen molar-refractivity contribution in [1.29, 1.82) is 0 Å². The summed E-state index contributed by atoms with van der Waals surface area (Å²) in [6.07, 6.45) is -6.61. The van der Waals surface area contributed by atoms with Gasteiger partial charge in [0.05, 0.1) is 27.2 Å². The molecule has 3 aromatic carbocycles. The lowest BCUT2D eigenvalue weighted by Gasteiger charge is -2.11. The Bertz CT molecular complexity index is 1760. The molecule has 41 heavy (non-hydrogen) atoms. The Hall–Kier alpha value is -4.56. The number of nitrogens with zero attached hydrogens (tertiary/aromatic N) is 3. The van der Waals surface area contributed by atoms with Crippen molar-refractivity contribution in [2.24, 2.45) is 0 Å². The Kier molecular flexibility index (Phi) is 8.26. The standard InChI is InChI=1S/C21H12F6N4.C6H6O3S/c22-20(23,24)13-2-4-14(5-3-13)31-19-10-17(29-11-30-19)12-1-6-15-16(21(25,26)27)7-8-28-18(15)9-12;7-10(8,9)6-4-2-1-3-5-6/h1-11H,(H,29,30,31);1-5H,(H,7,8,9). The summed E-state index contributed by atoms with van der Waals surface area (Å²) in [7, 11) is -4.00. The molecule has 2 aromatic heterocycles. The molecule has 0 aliphatic carbocycles. The molecule has 0 radical (unpaired) electrons. The van der Waals surface area contributed by atoms with Crippen LogP contribution in [0.5, 0.6) is 0 Å². The van der Waals surface area contributed by atoms with Gasteiger partial charge < -0.3 is 5.32 Å². The fourth-order valence-corrected chi connectivity index (χ4v) is 4.12. The number of rotatable bonds is 4. The summed E-state index contributed by atoms with van der Waals surface area (Å²) in [4.78, 5) is 12.1. The Balaban J connectivity index is 0.000000328. The van der Waals surface area contributed by atoms with E-state index in [4.69, 9.17) is 4.55 Å². The predicted octanol–water partition coefficient (Wildman–Crippen LogP) is 7.41. The molecular formula is C27H18F6N4O3S. The van der Waals surface area contributed by atoms with Gasteiger partial charge in [-0.3, -0.25) is 9.54 Å². The highest BCUT2D eigenvalue weighted by Crippen LogP contribution is 2.35. The summed E-state index contributed by atoms with van der Waals surface area (Å²) in [5, 5.41) is 2.84. The maximum Gasteiger partial charge on any atom is 0.417 e. The minimum absolute atomic E-state index is 0.0316. The van der Waals surface area contributed by atoms with Crippen LogP contribution in [0.2, 0.25) is 0 Å². The average molecular weight is 593 g/mol. The van der Waals surface area contributed by atoms with Crippen LogP contribution in [0.15, 0.2) is 102 Å². The molecule has 7 nitrogen and oxygen atoms in total. The molecule has 0 bridgehead atoms. The van der Waals surface area contributed by atoms with Gasteiger partial charge in [0.2, 0.25) is 0 Å². The largest absolute Gasteiger partial charge is 0.417 e. The van der Waals surface area contributed by atoms with Crippen molar-refractivity contribution < 1.29 is 39.3 Å². The Morgan fingerprint density at radius 3 is 2.00 bits per heavy atom. The van der Waals surface area contributed by atoms with Crippen LogP contribution in [0.25, 0.3) is 22.2 Å². The van der Waals surface area contributed by atoms with E-state index in [-0.39, 0.29) is 15.8 Å². The molecule has 0 atom stereocenters. The number of aromatic nitrogens is 3. The third-order valence-corrected chi connectivity index (χ3v) is 6.40. The maximum atomic E-state index is 13.2. The number of nitrogens with one attached hydrogen (secondary N) is 1. The van der Waals surface area contributed by atoms with E-state index in [9.17, 15) is 34.8 Å². The fourth-order valence-electron chi connectivity index (χ4n) is 3.62. The van der Waals surface area contributed by atoms with Crippen LogP contribution in [0.1, 0.15) is 11.1 Å². The van der Waals surface area contributed by atoms with Gasteiger partial charge in [-0.2, -0.15) is 34.8 Å². The van der Waals surface area contributed by atoms with E-state index >= 15 is 0 Å². The first-order valence-electron chi connectivity index (χ1n) is 11.5. The molecule has 2 heterocycles. The van der Waals surface area contributed by atoms with E-state index in [1.165, 1.54) is 54.9 Å². The molecule has 0 aliphatic rings. The quantitative estimate of drug-likeness (QED) is 0.165. The van der Waals surface area contributed by atoms with Crippen molar-refractivity contribution in [3.8, 4) is 11.3 Å². The Morgan fingerprint density at radius 1 is 0.732 bits per heavy atom. The van der Waals surface area contributed by atoms with E-state index in [1.54, 1.807) is 18.2 Å². The van der Waals surface area contributed by atoms with Gasteiger partial charge in [-0.15, -0.1) is 0 Å². The zero-order valence-electron chi connectivity index (χ0n) is 20.5. The first-order valence-corrected chi connectivity index (χ1v) is 12.9. The zero-order chi connectivity index (χ0) is 29.8. The first-order chi connectivity index (χ1) is 19.2. The van der Waals surface area contributed by atoms with Gasteiger partial charge in [-0.05, 0) is 48.5 Å². The lowest BCUT2D eigenvalue weighted by Crippen LogP contribution is -2.06. The highest BCUT2D eigenvalue weighted by molar-refractivity contribution is 7.85. The van der Waals surface area contributed by atoms with E-state index in [0.29, 0.717) is 22.8 Å². The van der Waals surface area contributed by atoms with Gasteiger partial charge in [0, 0.05) is 28.9 Å². The maximum absolute atomic E-state index is 13.2. The number of benzene rings is 3. The van der Waals surface area contributed by atoms with E-state index in [0.717, 1.165) is 24.4 Å². The summed E-state index contributed by atoms with van der Waals surface area (Å²) in [6, 6.07) is 18.6. The first kappa shape index (κ1) is 29.4. The molecule has 212 valence electrons. The van der Waals surface area contributed by atoms with E-state index in [1.807, 2.05) is 0 Å². The highest BCUT2D eigenvalue weighted by Gasteiger charge is 2.32. The van der Waals surface area contributed by atoms with Gasteiger partial charge in [0.25, 0.3) is 10.1 Å². The van der Waals surface area contributed by atoms with Crippen LogP contribution in [0.3, 0.4) is 0 Å². The molecule has 14 heteroatoms. The summed E-state index contributed by atoms with van der Waals surface area (Å²) < 4.78 is 107. The van der Waals surface area contributed by atoms with Crippen LogP contribution >= 0.6 is 0 Å². The number of alkyl halides is 6. The number of hydrogen-bond acceptors (Lipinski definition) is 6. The molecule has 2 N–H and O–H groups in total. The SMILES string of the molecule is FC(F)(F)c1ccc(Nc2cc(-c3ccc4c(C(F)(F)F)ccnc4c3)ncn2)cc1.O=S(=O)(O)c1ccccc1. The monoisotopic (exact) mass is 592 g/mol. The summed E-state index contributed by atoms with van der Waals surface area (Å²) in [6.45, 7) is 0. The molecular weight excluding hydrogens is 574 g/mol. The van der Waals surface area contributed by atoms with Crippen molar-refractivity contribution in [3.05, 3.63) is 109 Å². The highest BCUT2D eigenvalue weighted by atomic mass is 32.2. The van der Waals surface area contributed by atoms with Crippen LogP contribution in [0.4, 0.5) is 37.8 Å². The van der Waals surface area contributed by atoms with E-state index < -0.39 is 33.6 Å². The smallest absolute Gasteiger partial charge is 0.340 e. The Morgan fingerprint density at radius 2 is 1.41 bits per heavy atom. The second-order valence-electron chi connectivity index (χ2n) is 8.36. The molecule has 0 saturated carbocycles. The molecule has 0 fully saturated rings. The lowest BCUT2D eigenvalue weighted by molar-refractivity contribution is -0.138. The van der Waals surface area contributed by atoms with Gasteiger partial charge in [0.1, 0.15) is 12.1 Å². The van der Waals surface area contributed by atoms with Crippen LogP contribution in [-0.4, -0.2) is 27.9 Å². The summed E-state index contributed by atoms with van der Waals surface area (Å²) in [5.41, 5.74) is -0.0988.